The van der Waals surface area contributed by atoms with Crippen molar-refractivity contribution < 1.29 is 9.90 Å². The maximum Gasteiger partial charge on any atom is 0.188 e. The Kier molecular flexibility index (Phi) is 7.89. The highest BCUT2D eigenvalue weighted by molar-refractivity contribution is 7.96. The van der Waals surface area contributed by atoms with Crippen LogP contribution < -0.4 is 6.15 Å². The Morgan fingerprint density at radius 3 is 2.33 bits per heavy atom. The smallest absolute Gasteiger partial charge is 0.188 e. The van der Waals surface area contributed by atoms with Crippen LogP contribution in [0.5, 0.6) is 0 Å². The highest BCUT2D eigenvalue weighted by atomic mass is 32.1. The number of rotatable bonds is 3. The van der Waals surface area contributed by atoms with Crippen LogP contribution in [-0.4, -0.2) is 16.8 Å². The highest BCUT2D eigenvalue weighted by Gasteiger charge is 2.05. The third-order valence-electron chi connectivity index (χ3n) is 0.984. The number of aliphatic hydroxyl groups excluding tert-OH is 1. The molecule has 0 aliphatic carbocycles. The first-order valence-corrected chi connectivity index (χ1v) is 2.97. The lowest BCUT2D eigenvalue weighted by Crippen LogP contribution is -2.05. The predicted octanol–water partition coefficient (Wildman–Crippen LogP) is 0.623. The van der Waals surface area contributed by atoms with E-state index >= 15 is 0 Å². The molecule has 0 fully saturated rings. The number of carbonyl (C=O) groups excluding carboxylic acids is 1. The van der Waals surface area contributed by atoms with Gasteiger partial charge in [-0.15, -0.1) is 12.6 Å². The summed E-state index contributed by atoms with van der Waals surface area (Å²) in [5, 5.41) is 8.15. The van der Waals surface area contributed by atoms with E-state index in [1.54, 1.807) is 6.92 Å². The first kappa shape index (κ1) is 11.7. The minimum absolute atomic E-state index is 0. The van der Waals surface area contributed by atoms with E-state index in [0.717, 1.165) is 0 Å². The Balaban J connectivity index is 0. The van der Waals surface area contributed by atoms with Gasteiger partial charge >= 0.3 is 0 Å². The Hall–Kier alpha value is -0.0600. The summed E-state index contributed by atoms with van der Waals surface area (Å²) in [4.78, 5) is 10.3. The van der Waals surface area contributed by atoms with Crippen LogP contribution in [0.4, 0.5) is 0 Å². The second-order valence-electron chi connectivity index (χ2n) is 1.75. The molecule has 4 heteroatoms. The molecular formula is C5H13NO2S. The normalized spacial score (nSPS) is 11.9. The summed E-state index contributed by atoms with van der Waals surface area (Å²) in [5.74, 6) is -0.108. The van der Waals surface area contributed by atoms with E-state index in [2.05, 4.69) is 12.6 Å². The van der Waals surface area contributed by atoms with Gasteiger partial charge in [0.25, 0.3) is 0 Å². The minimum atomic E-state index is -0.154. The van der Waals surface area contributed by atoms with Gasteiger partial charge in [0.2, 0.25) is 0 Å². The summed E-state index contributed by atoms with van der Waals surface area (Å²) >= 11 is 3.58. The Bertz CT molecular complexity index is 87.0. The van der Waals surface area contributed by atoms with Crippen LogP contribution >= 0.6 is 12.6 Å². The molecule has 9 heavy (non-hydrogen) atoms. The number of carbonyl (C=O) groups is 1. The quantitative estimate of drug-likeness (QED) is 0.518. The van der Waals surface area contributed by atoms with Gasteiger partial charge in [-0.2, -0.15) is 0 Å². The average molecular weight is 151 g/mol. The second-order valence-corrected chi connectivity index (χ2v) is 2.19. The van der Waals surface area contributed by atoms with Gasteiger partial charge in [-0.25, -0.2) is 0 Å². The molecule has 0 aliphatic rings. The molecule has 0 saturated heterocycles. The predicted molar refractivity (Wildman–Crippen MR) is 39.9 cm³/mol. The molecule has 56 valence electrons. The third-order valence-corrected chi connectivity index (χ3v) is 1.42. The number of thiol groups is 1. The van der Waals surface area contributed by atoms with Crippen molar-refractivity contribution in [3.63, 3.8) is 0 Å². The summed E-state index contributed by atoms with van der Waals surface area (Å²) in [7, 11) is 0. The van der Waals surface area contributed by atoms with Gasteiger partial charge in [0.15, 0.2) is 5.12 Å². The van der Waals surface area contributed by atoms with E-state index in [1.807, 2.05) is 0 Å². The zero-order valence-electron chi connectivity index (χ0n) is 5.50. The fourth-order valence-electron chi connectivity index (χ4n) is 0.317. The fourth-order valence-corrected chi connectivity index (χ4v) is 0.446. The van der Waals surface area contributed by atoms with Crippen molar-refractivity contribution in [2.75, 3.05) is 6.61 Å². The molecule has 0 rings (SSSR count). The van der Waals surface area contributed by atoms with Gasteiger partial charge in [0, 0.05) is 12.5 Å². The summed E-state index contributed by atoms with van der Waals surface area (Å²) in [6.45, 7) is 1.80. The van der Waals surface area contributed by atoms with Gasteiger partial charge < -0.3 is 11.3 Å². The largest absolute Gasteiger partial charge is 0.396 e. The van der Waals surface area contributed by atoms with E-state index < -0.39 is 0 Å². The van der Waals surface area contributed by atoms with Gasteiger partial charge in [-0.3, -0.25) is 4.79 Å². The molecular weight excluding hydrogens is 138 g/mol. The van der Waals surface area contributed by atoms with Crippen molar-refractivity contribution >= 4 is 17.7 Å². The van der Waals surface area contributed by atoms with E-state index in [1.165, 1.54) is 0 Å². The van der Waals surface area contributed by atoms with Crippen molar-refractivity contribution in [1.29, 1.82) is 0 Å². The molecule has 0 aromatic carbocycles. The number of aliphatic hydroxyl groups is 1. The van der Waals surface area contributed by atoms with Crippen molar-refractivity contribution in [1.82, 2.24) is 6.15 Å². The Labute approximate surface area is 60.4 Å². The zero-order chi connectivity index (χ0) is 6.57. The maximum atomic E-state index is 10.3. The fraction of sp³-hybridized carbons (Fsp3) is 0.800. The highest BCUT2D eigenvalue weighted by Crippen LogP contribution is 2.03. The maximum absolute atomic E-state index is 10.3. The van der Waals surface area contributed by atoms with Gasteiger partial charge in [0.1, 0.15) is 0 Å². The van der Waals surface area contributed by atoms with Gasteiger partial charge in [-0.05, 0) is 6.42 Å². The van der Waals surface area contributed by atoms with E-state index in [4.69, 9.17) is 5.11 Å². The van der Waals surface area contributed by atoms with Crippen molar-refractivity contribution in [2.45, 2.75) is 13.3 Å². The van der Waals surface area contributed by atoms with Crippen LogP contribution in [0, 0.1) is 5.92 Å². The molecule has 0 spiro atoms. The van der Waals surface area contributed by atoms with Crippen LogP contribution in [0.1, 0.15) is 13.3 Å². The molecule has 1 atom stereocenters. The monoisotopic (exact) mass is 151 g/mol. The van der Waals surface area contributed by atoms with E-state index in [0.29, 0.717) is 6.42 Å². The van der Waals surface area contributed by atoms with Crippen LogP contribution in [0.3, 0.4) is 0 Å². The van der Waals surface area contributed by atoms with Gasteiger partial charge in [-0.1, -0.05) is 6.92 Å². The molecule has 0 aromatic rings. The SMILES string of the molecule is CC(CCO)C(=O)S.N. The zero-order valence-corrected chi connectivity index (χ0v) is 6.40. The Morgan fingerprint density at radius 1 is 1.78 bits per heavy atom. The molecule has 1 unspecified atom stereocenters. The molecule has 0 heterocycles. The summed E-state index contributed by atoms with van der Waals surface area (Å²) in [6, 6.07) is 0. The topological polar surface area (TPSA) is 72.3 Å². The minimum Gasteiger partial charge on any atom is -0.396 e. The molecule has 4 N–H and O–H groups in total. The summed E-state index contributed by atoms with van der Waals surface area (Å²) in [5.41, 5.74) is 0. The number of hydrogen-bond donors (Lipinski definition) is 3. The van der Waals surface area contributed by atoms with Crippen molar-refractivity contribution in [3.8, 4) is 0 Å². The lowest BCUT2D eigenvalue weighted by atomic mass is 10.1. The van der Waals surface area contributed by atoms with E-state index in [-0.39, 0.29) is 23.8 Å². The van der Waals surface area contributed by atoms with Gasteiger partial charge in [0.05, 0.1) is 0 Å². The first-order chi connectivity index (χ1) is 3.68. The van der Waals surface area contributed by atoms with Crippen molar-refractivity contribution in [3.05, 3.63) is 0 Å². The van der Waals surface area contributed by atoms with E-state index in [9.17, 15) is 4.79 Å². The molecule has 0 amide bonds. The lowest BCUT2D eigenvalue weighted by molar-refractivity contribution is -0.114. The summed E-state index contributed by atoms with van der Waals surface area (Å²) < 4.78 is 0. The standard InChI is InChI=1S/C5H10O2S.H3N/c1-4(2-3-6)5(7)8;/h4,6H,2-3H2,1H3,(H,7,8);1H3. The van der Waals surface area contributed by atoms with Crippen molar-refractivity contribution in [2.24, 2.45) is 5.92 Å². The molecule has 0 aromatic heterocycles. The first-order valence-electron chi connectivity index (χ1n) is 2.52. The molecule has 0 aliphatic heterocycles. The molecule has 3 nitrogen and oxygen atoms in total. The molecule has 0 bridgehead atoms. The van der Waals surface area contributed by atoms with Crippen LogP contribution in [-0.2, 0) is 4.79 Å². The van der Waals surface area contributed by atoms with Crippen LogP contribution in [0.15, 0.2) is 0 Å². The Morgan fingerprint density at radius 2 is 2.22 bits per heavy atom. The number of hydrogen-bond acceptors (Lipinski definition) is 3. The summed E-state index contributed by atoms with van der Waals surface area (Å²) in [6.07, 6.45) is 0.516. The van der Waals surface area contributed by atoms with Crippen LogP contribution in [0.25, 0.3) is 0 Å². The third kappa shape index (κ3) is 5.82. The van der Waals surface area contributed by atoms with Crippen LogP contribution in [0.2, 0.25) is 0 Å². The molecule has 0 radical (unpaired) electrons. The molecule has 0 saturated carbocycles. The lowest BCUT2D eigenvalue weighted by Gasteiger charge is -2.00. The second kappa shape index (κ2) is 6.07. The average Bonchev–Trinajstić information content (AvgIpc) is 1.67.